The minimum atomic E-state index is 0.409. The molecule has 2 aromatic heterocycles. The Kier molecular flexibility index (Phi) is 4.03. The molecule has 0 amide bonds. The van der Waals surface area contributed by atoms with Gasteiger partial charge in [-0.15, -0.1) is 0 Å². The van der Waals surface area contributed by atoms with Crippen LogP contribution in [0, 0.1) is 11.8 Å². The van der Waals surface area contributed by atoms with Gasteiger partial charge in [0, 0.05) is 31.5 Å². The highest BCUT2D eigenvalue weighted by Crippen LogP contribution is 2.26. The molecule has 0 unspecified atom stereocenters. The Labute approximate surface area is 120 Å². The predicted molar refractivity (Wildman–Crippen MR) is 79.6 cm³/mol. The Balaban J connectivity index is 1.57. The van der Waals surface area contributed by atoms with Gasteiger partial charge in [0.2, 0.25) is 0 Å². The third-order valence-electron chi connectivity index (χ3n) is 4.15. The molecule has 1 saturated heterocycles. The number of hydrogen-bond donors (Lipinski definition) is 1. The fourth-order valence-electron chi connectivity index (χ4n) is 3.13. The molecule has 3 rings (SSSR count). The van der Waals surface area contributed by atoms with Gasteiger partial charge in [-0.1, -0.05) is 19.9 Å². The van der Waals surface area contributed by atoms with Gasteiger partial charge in [0.1, 0.15) is 0 Å². The summed E-state index contributed by atoms with van der Waals surface area (Å²) in [6, 6.07) is 6.17. The first kappa shape index (κ1) is 13.6. The molecule has 3 heterocycles. The Morgan fingerprint density at radius 2 is 2.35 bits per heavy atom. The van der Waals surface area contributed by atoms with Crippen molar-refractivity contribution in [2.45, 2.75) is 32.9 Å². The maximum absolute atomic E-state index is 5.83. The van der Waals surface area contributed by atoms with Gasteiger partial charge in [0.05, 0.1) is 17.8 Å². The Bertz CT molecular complexity index is 564. The molecule has 0 radical (unpaired) electrons. The maximum atomic E-state index is 5.83. The number of nitrogens with zero attached hydrogens (tertiary/aromatic N) is 2. The van der Waals surface area contributed by atoms with Crippen LogP contribution in [0.2, 0.25) is 0 Å². The molecule has 0 aliphatic carbocycles. The second-order valence-corrected chi connectivity index (χ2v) is 5.96. The molecule has 0 spiro atoms. The molecule has 2 aromatic rings. The molecule has 4 heteroatoms. The number of ether oxygens (including phenoxy) is 1. The van der Waals surface area contributed by atoms with Crippen molar-refractivity contribution in [1.29, 1.82) is 0 Å². The van der Waals surface area contributed by atoms with E-state index in [1.54, 1.807) is 0 Å². The lowest BCUT2D eigenvalue weighted by molar-refractivity contribution is 0.0539. The van der Waals surface area contributed by atoms with E-state index in [1.807, 2.05) is 23.0 Å². The van der Waals surface area contributed by atoms with Crippen molar-refractivity contribution in [2.75, 3.05) is 13.2 Å². The number of rotatable bonds is 5. The smallest absolute Gasteiger partial charge is 0.0706 e. The van der Waals surface area contributed by atoms with Crippen molar-refractivity contribution < 1.29 is 4.74 Å². The second kappa shape index (κ2) is 5.94. The van der Waals surface area contributed by atoms with Crippen LogP contribution in [0.15, 0.2) is 30.6 Å². The first-order chi connectivity index (χ1) is 9.75. The molecule has 0 aromatic carbocycles. The highest BCUT2D eigenvalue weighted by atomic mass is 16.5. The van der Waals surface area contributed by atoms with E-state index in [0.29, 0.717) is 17.9 Å². The highest BCUT2D eigenvalue weighted by molar-refractivity contribution is 5.53. The van der Waals surface area contributed by atoms with Crippen molar-refractivity contribution >= 4 is 5.52 Å². The van der Waals surface area contributed by atoms with E-state index < -0.39 is 0 Å². The van der Waals surface area contributed by atoms with Crippen LogP contribution in [-0.4, -0.2) is 28.9 Å². The van der Waals surface area contributed by atoms with Crippen LogP contribution >= 0.6 is 0 Å². The van der Waals surface area contributed by atoms with Gasteiger partial charge in [0.15, 0.2) is 0 Å². The van der Waals surface area contributed by atoms with Crippen molar-refractivity contribution in [2.24, 2.45) is 11.8 Å². The van der Waals surface area contributed by atoms with E-state index in [-0.39, 0.29) is 0 Å². The first-order valence-electron chi connectivity index (χ1n) is 7.49. The van der Waals surface area contributed by atoms with E-state index in [1.165, 1.54) is 17.5 Å². The summed E-state index contributed by atoms with van der Waals surface area (Å²) in [6.07, 6.45) is 5.52. The van der Waals surface area contributed by atoms with Crippen molar-refractivity contribution in [3.8, 4) is 0 Å². The Morgan fingerprint density at radius 1 is 1.45 bits per heavy atom. The van der Waals surface area contributed by atoms with Crippen LogP contribution in [0.1, 0.15) is 25.8 Å². The van der Waals surface area contributed by atoms with Gasteiger partial charge >= 0.3 is 0 Å². The molecule has 108 valence electrons. The Morgan fingerprint density at radius 3 is 3.20 bits per heavy atom. The molecule has 4 nitrogen and oxygen atoms in total. The number of fused-ring (bicyclic) bond motifs is 1. The Hall–Kier alpha value is -1.39. The van der Waals surface area contributed by atoms with Gasteiger partial charge in [-0.3, -0.25) is 0 Å². The predicted octanol–water partition coefficient (Wildman–Crippen LogP) is 2.49. The van der Waals surface area contributed by atoms with E-state index >= 15 is 0 Å². The molecule has 1 N–H and O–H groups in total. The monoisotopic (exact) mass is 273 g/mol. The minimum Gasteiger partial charge on any atom is -0.378 e. The molecular formula is C16H23N3O. The van der Waals surface area contributed by atoms with Gasteiger partial charge in [-0.05, 0) is 30.4 Å². The zero-order valence-electron chi connectivity index (χ0n) is 12.2. The topological polar surface area (TPSA) is 38.6 Å². The zero-order valence-corrected chi connectivity index (χ0v) is 12.2. The summed E-state index contributed by atoms with van der Waals surface area (Å²) in [7, 11) is 0. The summed E-state index contributed by atoms with van der Waals surface area (Å²) >= 11 is 0. The summed E-state index contributed by atoms with van der Waals surface area (Å²) in [5.74, 6) is 1.23. The summed E-state index contributed by atoms with van der Waals surface area (Å²) in [4.78, 5) is 0. The molecule has 1 fully saturated rings. The SMILES string of the molecule is CC(C)[C@H]1OCC[C@@H]1CNCc1cnn2ccccc12. The van der Waals surface area contributed by atoms with E-state index in [2.05, 4.69) is 36.4 Å². The number of hydrogen-bond acceptors (Lipinski definition) is 3. The second-order valence-electron chi connectivity index (χ2n) is 5.96. The highest BCUT2D eigenvalue weighted by Gasteiger charge is 2.30. The maximum Gasteiger partial charge on any atom is 0.0706 e. The molecule has 2 atom stereocenters. The van der Waals surface area contributed by atoms with Crippen molar-refractivity contribution in [1.82, 2.24) is 14.9 Å². The average molecular weight is 273 g/mol. The molecule has 1 aliphatic rings. The largest absolute Gasteiger partial charge is 0.378 e. The fourth-order valence-corrected chi connectivity index (χ4v) is 3.13. The van der Waals surface area contributed by atoms with Crippen LogP contribution in [-0.2, 0) is 11.3 Å². The average Bonchev–Trinajstić information content (AvgIpc) is 3.06. The van der Waals surface area contributed by atoms with Gasteiger partial charge in [-0.2, -0.15) is 5.10 Å². The fraction of sp³-hybridized carbons (Fsp3) is 0.562. The molecule has 0 saturated carbocycles. The lowest BCUT2D eigenvalue weighted by Crippen LogP contribution is -2.31. The third-order valence-corrected chi connectivity index (χ3v) is 4.15. The van der Waals surface area contributed by atoms with Crippen molar-refractivity contribution in [3.63, 3.8) is 0 Å². The van der Waals surface area contributed by atoms with Gasteiger partial charge < -0.3 is 10.1 Å². The van der Waals surface area contributed by atoms with E-state index in [0.717, 1.165) is 19.7 Å². The third kappa shape index (κ3) is 2.72. The van der Waals surface area contributed by atoms with Crippen LogP contribution in [0.5, 0.6) is 0 Å². The summed E-state index contributed by atoms with van der Waals surface area (Å²) in [6.45, 7) is 7.29. The first-order valence-corrected chi connectivity index (χ1v) is 7.49. The lowest BCUT2D eigenvalue weighted by Gasteiger charge is -2.22. The van der Waals surface area contributed by atoms with Crippen LogP contribution < -0.4 is 5.32 Å². The van der Waals surface area contributed by atoms with Gasteiger partial charge in [-0.25, -0.2) is 4.52 Å². The van der Waals surface area contributed by atoms with Gasteiger partial charge in [0.25, 0.3) is 0 Å². The van der Waals surface area contributed by atoms with E-state index in [9.17, 15) is 0 Å². The minimum absolute atomic E-state index is 0.409. The summed E-state index contributed by atoms with van der Waals surface area (Å²) in [5, 5.41) is 7.94. The van der Waals surface area contributed by atoms with Crippen LogP contribution in [0.4, 0.5) is 0 Å². The number of aromatic nitrogens is 2. The summed E-state index contributed by atoms with van der Waals surface area (Å²) < 4.78 is 7.75. The van der Waals surface area contributed by atoms with Crippen molar-refractivity contribution in [3.05, 3.63) is 36.2 Å². The summed E-state index contributed by atoms with van der Waals surface area (Å²) in [5.41, 5.74) is 2.44. The molecule has 20 heavy (non-hydrogen) atoms. The normalized spacial score (nSPS) is 22.9. The van der Waals surface area contributed by atoms with Crippen LogP contribution in [0.25, 0.3) is 5.52 Å². The quantitative estimate of drug-likeness (QED) is 0.909. The van der Waals surface area contributed by atoms with Crippen LogP contribution in [0.3, 0.4) is 0 Å². The zero-order chi connectivity index (χ0) is 13.9. The molecule has 1 aliphatic heterocycles. The lowest BCUT2D eigenvalue weighted by atomic mass is 9.93. The number of pyridine rings is 1. The van der Waals surface area contributed by atoms with E-state index in [4.69, 9.17) is 4.74 Å². The molecular weight excluding hydrogens is 250 g/mol. The molecule has 0 bridgehead atoms. The number of nitrogens with one attached hydrogen (secondary N) is 1. The standard InChI is InChI=1S/C16H23N3O/c1-12(2)16-13(6-8-20-16)9-17-10-14-11-18-19-7-4-3-5-15(14)19/h3-5,7,11-13,16-17H,6,8-10H2,1-2H3/t13-,16-/m1/s1.